The molecule has 3 rings (SSSR count). The Labute approximate surface area is 150 Å². The number of anilines is 1. The van der Waals surface area contributed by atoms with E-state index in [4.69, 9.17) is 4.74 Å². The summed E-state index contributed by atoms with van der Waals surface area (Å²) in [4.78, 5) is 24.3. The maximum Gasteiger partial charge on any atom is 0.271 e. The van der Waals surface area contributed by atoms with E-state index in [1.165, 1.54) is 6.20 Å². The molecular weight excluding hydrogens is 332 g/mol. The number of aromatic amines is 1. The minimum Gasteiger partial charge on any atom is -0.484 e. The predicted octanol–water partition coefficient (Wildman–Crippen LogP) is 2.36. The fraction of sp³-hybridized carbons (Fsp3) is 0.105. The average molecular weight is 350 g/mol. The van der Waals surface area contributed by atoms with Crippen molar-refractivity contribution in [2.45, 2.75) is 6.54 Å². The van der Waals surface area contributed by atoms with Gasteiger partial charge in [-0.3, -0.25) is 14.7 Å². The topological polar surface area (TPSA) is 96.1 Å². The minimum atomic E-state index is -0.382. The van der Waals surface area contributed by atoms with Crippen LogP contribution in [0.5, 0.6) is 5.75 Å². The first-order chi connectivity index (χ1) is 12.7. The van der Waals surface area contributed by atoms with Crippen LogP contribution in [0.3, 0.4) is 0 Å². The summed E-state index contributed by atoms with van der Waals surface area (Å²) in [6, 6.07) is 18.5. The van der Waals surface area contributed by atoms with E-state index in [0.29, 0.717) is 18.0 Å². The highest BCUT2D eigenvalue weighted by Crippen LogP contribution is 2.13. The normalized spacial score (nSPS) is 10.2. The molecule has 0 saturated heterocycles. The standard InChI is InChI=1S/C19H18N4O3/c24-17(13-26-15-9-5-2-6-10-15)22-16-12-21-23-18(16)19(25)20-11-14-7-3-1-4-8-14/h1-10,12H,11,13H2,(H,20,25)(H,21,23)(H,22,24). The molecule has 0 unspecified atom stereocenters. The van der Waals surface area contributed by atoms with E-state index >= 15 is 0 Å². The molecule has 0 bridgehead atoms. The van der Waals surface area contributed by atoms with Crippen molar-refractivity contribution in [3.63, 3.8) is 0 Å². The van der Waals surface area contributed by atoms with Gasteiger partial charge in [-0.1, -0.05) is 48.5 Å². The summed E-state index contributed by atoms with van der Waals surface area (Å²) in [5.74, 6) is -0.145. The number of aromatic nitrogens is 2. The Kier molecular flexibility index (Phi) is 5.61. The quantitative estimate of drug-likeness (QED) is 0.609. The molecule has 3 N–H and O–H groups in total. The van der Waals surface area contributed by atoms with E-state index in [0.717, 1.165) is 5.56 Å². The van der Waals surface area contributed by atoms with Crippen LogP contribution in [0.25, 0.3) is 0 Å². The number of H-pyrrole nitrogens is 1. The van der Waals surface area contributed by atoms with Crippen LogP contribution in [0.1, 0.15) is 16.1 Å². The Hall–Kier alpha value is -3.61. The molecule has 0 aliphatic rings. The molecule has 0 radical (unpaired) electrons. The van der Waals surface area contributed by atoms with E-state index in [1.807, 2.05) is 48.5 Å². The van der Waals surface area contributed by atoms with E-state index in [1.54, 1.807) is 12.1 Å². The highest BCUT2D eigenvalue weighted by atomic mass is 16.5. The smallest absolute Gasteiger partial charge is 0.271 e. The molecule has 1 heterocycles. The van der Waals surface area contributed by atoms with Gasteiger partial charge >= 0.3 is 0 Å². The first-order valence-electron chi connectivity index (χ1n) is 8.05. The van der Waals surface area contributed by atoms with Gasteiger partial charge in [0.15, 0.2) is 6.61 Å². The molecular formula is C19H18N4O3. The Morgan fingerprint density at radius 3 is 2.42 bits per heavy atom. The lowest BCUT2D eigenvalue weighted by Crippen LogP contribution is -2.26. The summed E-state index contributed by atoms with van der Waals surface area (Å²) in [7, 11) is 0. The van der Waals surface area contributed by atoms with Crippen LogP contribution >= 0.6 is 0 Å². The van der Waals surface area contributed by atoms with Gasteiger partial charge in [0.25, 0.3) is 11.8 Å². The van der Waals surface area contributed by atoms with Crippen LogP contribution in [0, 0.1) is 0 Å². The number of carbonyl (C=O) groups is 2. The maximum absolute atomic E-state index is 12.3. The number of ether oxygens (including phenoxy) is 1. The molecule has 0 aliphatic carbocycles. The van der Waals surface area contributed by atoms with Gasteiger partial charge in [0.2, 0.25) is 0 Å². The molecule has 26 heavy (non-hydrogen) atoms. The number of nitrogens with one attached hydrogen (secondary N) is 3. The van der Waals surface area contributed by atoms with E-state index in [9.17, 15) is 9.59 Å². The van der Waals surface area contributed by atoms with Crippen LogP contribution in [0.4, 0.5) is 5.69 Å². The van der Waals surface area contributed by atoms with Crippen LogP contribution in [-0.2, 0) is 11.3 Å². The van der Waals surface area contributed by atoms with Gasteiger partial charge in [-0.2, -0.15) is 5.10 Å². The summed E-state index contributed by atoms with van der Waals surface area (Å²) in [5, 5.41) is 11.8. The molecule has 2 aromatic carbocycles. The van der Waals surface area contributed by atoms with Crippen LogP contribution < -0.4 is 15.4 Å². The summed E-state index contributed by atoms with van der Waals surface area (Å²) in [6.45, 7) is 0.212. The second-order valence-corrected chi connectivity index (χ2v) is 5.48. The Morgan fingerprint density at radius 2 is 1.69 bits per heavy atom. The second-order valence-electron chi connectivity index (χ2n) is 5.48. The molecule has 7 nitrogen and oxygen atoms in total. The Bertz CT molecular complexity index is 863. The van der Waals surface area contributed by atoms with E-state index in [2.05, 4.69) is 20.8 Å². The predicted molar refractivity (Wildman–Crippen MR) is 96.8 cm³/mol. The largest absolute Gasteiger partial charge is 0.484 e. The number of carbonyl (C=O) groups excluding carboxylic acids is 2. The summed E-state index contributed by atoms with van der Waals surface area (Å²) in [6.07, 6.45) is 1.39. The number of benzene rings is 2. The zero-order chi connectivity index (χ0) is 18.2. The van der Waals surface area contributed by atoms with E-state index in [-0.39, 0.29) is 24.1 Å². The van der Waals surface area contributed by atoms with Gasteiger partial charge in [0.1, 0.15) is 11.4 Å². The third-order valence-electron chi connectivity index (χ3n) is 3.55. The van der Waals surface area contributed by atoms with Crippen molar-refractivity contribution in [1.29, 1.82) is 0 Å². The molecule has 0 saturated carbocycles. The maximum atomic E-state index is 12.3. The Morgan fingerprint density at radius 1 is 1.00 bits per heavy atom. The summed E-state index contributed by atoms with van der Waals surface area (Å²) >= 11 is 0. The van der Waals surface area contributed by atoms with Crippen molar-refractivity contribution in [2.75, 3.05) is 11.9 Å². The van der Waals surface area contributed by atoms with Crippen molar-refractivity contribution in [1.82, 2.24) is 15.5 Å². The number of para-hydroxylation sites is 1. The van der Waals surface area contributed by atoms with Crippen LogP contribution in [0.2, 0.25) is 0 Å². The van der Waals surface area contributed by atoms with Crippen molar-refractivity contribution in [3.8, 4) is 5.75 Å². The molecule has 0 atom stereocenters. The fourth-order valence-electron chi connectivity index (χ4n) is 2.27. The van der Waals surface area contributed by atoms with E-state index < -0.39 is 0 Å². The van der Waals surface area contributed by atoms with Crippen LogP contribution in [-0.4, -0.2) is 28.6 Å². The van der Waals surface area contributed by atoms with Crippen LogP contribution in [0.15, 0.2) is 66.9 Å². The highest BCUT2D eigenvalue weighted by molar-refractivity contribution is 6.02. The van der Waals surface area contributed by atoms with Gasteiger partial charge in [0.05, 0.1) is 11.9 Å². The van der Waals surface area contributed by atoms with Gasteiger partial charge in [0, 0.05) is 6.54 Å². The molecule has 7 heteroatoms. The number of amides is 2. The molecule has 132 valence electrons. The first-order valence-corrected chi connectivity index (χ1v) is 8.05. The lowest BCUT2D eigenvalue weighted by atomic mass is 10.2. The monoisotopic (exact) mass is 350 g/mol. The minimum absolute atomic E-state index is 0.166. The number of hydrogen-bond donors (Lipinski definition) is 3. The van der Waals surface area contributed by atoms with Gasteiger partial charge in [-0.05, 0) is 17.7 Å². The number of nitrogens with zero attached hydrogens (tertiary/aromatic N) is 1. The zero-order valence-electron chi connectivity index (χ0n) is 13.9. The second kappa shape index (κ2) is 8.48. The van der Waals surface area contributed by atoms with Gasteiger partial charge in [-0.15, -0.1) is 0 Å². The van der Waals surface area contributed by atoms with Crippen molar-refractivity contribution in [2.24, 2.45) is 0 Å². The fourth-order valence-corrected chi connectivity index (χ4v) is 2.27. The zero-order valence-corrected chi connectivity index (χ0v) is 13.9. The Balaban J connectivity index is 1.54. The SMILES string of the molecule is O=C(COc1ccccc1)Nc1cn[nH]c1C(=O)NCc1ccccc1. The molecule has 3 aromatic rings. The molecule has 0 fully saturated rings. The lowest BCUT2D eigenvalue weighted by molar-refractivity contribution is -0.118. The van der Waals surface area contributed by atoms with Crippen molar-refractivity contribution < 1.29 is 14.3 Å². The number of hydrogen-bond acceptors (Lipinski definition) is 4. The first kappa shape index (κ1) is 17.2. The number of rotatable bonds is 7. The molecule has 1 aromatic heterocycles. The third kappa shape index (κ3) is 4.70. The summed E-state index contributed by atoms with van der Waals surface area (Å²) in [5.41, 5.74) is 1.47. The lowest BCUT2D eigenvalue weighted by Gasteiger charge is -2.08. The molecule has 0 aliphatic heterocycles. The van der Waals surface area contributed by atoms with Crippen molar-refractivity contribution >= 4 is 17.5 Å². The molecule has 0 spiro atoms. The third-order valence-corrected chi connectivity index (χ3v) is 3.55. The average Bonchev–Trinajstić information content (AvgIpc) is 3.14. The highest BCUT2D eigenvalue weighted by Gasteiger charge is 2.16. The van der Waals surface area contributed by atoms with Gasteiger partial charge < -0.3 is 15.4 Å². The summed E-state index contributed by atoms with van der Waals surface area (Å²) < 4.78 is 5.38. The van der Waals surface area contributed by atoms with Gasteiger partial charge in [-0.25, -0.2) is 0 Å². The van der Waals surface area contributed by atoms with Crippen molar-refractivity contribution in [3.05, 3.63) is 78.1 Å². The molecule has 2 amide bonds.